The number of morpholine rings is 1. The second-order valence-corrected chi connectivity index (χ2v) is 8.98. The van der Waals surface area contributed by atoms with Gasteiger partial charge in [-0.2, -0.15) is 9.40 Å². The molecule has 0 spiro atoms. The zero-order valence-corrected chi connectivity index (χ0v) is 19.0. The van der Waals surface area contributed by atoms with Crippen molar-refractivity contribution in [3.63, 3.8) is 0 Å². The van der Waals surface area contributed by atoms with Crippen molar-refractivity contribution in [3.8, 4) is 11.5 Å². The molecule has 170 valence electrons. The van der Waals surface area contributed by atoms with Crippen molar-refractivity contribution < 1.29 is 27.4 Å². The lowest BCUT2D eigenvalue weighted by molar-refractivity contribution is -0.116. The quantitative estimate of drug-likeness (QED) is 0.647. The number of anilines is 1. The first kappa shape index (κ1) is 23.0. The molecule has 1 aliphatic rings. The zero-order chi connectivity index (χ0) is 22.6. The highest BCUT2D eigenvalue weighted by atomic mass is 32.2. The summed E-state index contributed by atoms with van der Waals surface area (Å²) in [6.07, 6.45) is 0.119. The van der Waals surface area contributed by atoms with Crippen LogP contribution in [0.2, 0.25) is 0 Å². The minimum atomic E-state index is -3.66. The van der Waals surface area contributed by atoms with E-state index in [2.05, 4.69) is 10.4 Å². The molecule has 1 N–H and O–H groups in total. The number of nitrogens with one attached hydrogen (secondary N) is 1. The number of aryl methyl sites for hydroxylation is 2. The lowest BCUT2D eigenvalue weighted by atomic mass is 10.2. The van der Waals surface area contributed by atoms with Gasteiger partial charge in [0.25, 0.3) is 0 Å². The number of rotatable bonds is 8. The summed E-state index contributed by atoms with van der Waals surface area (Å²) in [4.78, 5) is 12.7. The van der Waals surface area contributed by atoms with Gasteiger partial charge < -0.3 is 19.5 Å². The Kier molecular flexibility index (Phi) is 7.19. The van der Waals surface area contributed by atoms with Crippen molar-refractivity contribution >= 4 is 21.6 Å². The van der Waals surface area contributed by atoms with Crippen molar-refractivity contribution in [1.82, 2.24) is 14.1 Å². The normalized spacial score (nSPS) is 15.0. The molecular formula is C20H28N4O6S. The Morgan fingerprint density at radius 2 is 1.90 bits per heavy atom. The van der Waals surface area contributed by atoms with Gasteiger partial charge in [-0.1, -0.05) is 0 Å². The molecule has 0 bridgehead atoms. The molecule has 1 aromatic carbocycles. The fourth-order valence-electron chi connectivity index (χ4n) is 3.51. The minimum Gasteiger partial charge on any atom is -0.497 e. The van der Waals surface area contributed by atoms with Gasteiger partial charge in [0.2, 0.25) is 15.9 Å². The summed E-state index contributed by atoms with van der Waals surface area (Å²) < 4.78 is 44.8. The second kappa shape index (κ2) is 9.67. The van der Waals surface area contributed by atoms with E-state index >= 15 is 0 Å². The highest BCUT2D eigenvalue weighted by Gasteiger charge is 2.32. The molecule has 0 saturated carbocycles. The first-order valence-corrected chi connectivity index (χ1v) is 11.4. The lowest BCUT2D eigenvalue weighted by Gasteiger charge is -2.26. The number of hydrogen-bond donors (Lipinski definition) is 1. The van der Waals surface area contributed by atoms with Crippen molar-refractivity contribution in [1.29, 1.82) is 0 Å². The van der Waals surface area contributed by atoms with Crippen molar-refractivity contribution in [2.45, 2.75) is 31.7 Å². The minimum absolute atomic E-state index is 0.119. The van der Waals surface area contributed by atoms with Crippen molar-refractivity contribution in [3.05, 3.63) is 29.6 Å². The van der Waals surface area contributed by atoms with Crippen LogP contribution in [-0.4, -0.2) is 68.9 Å². The van der Waals surface area contributed by atoms with Gasteiger partial charge in [-0.15, -0.1) is 0 Å². The molecule has 31 heavy (non-hydrogen) atoms. The Morgan fingerprint density at radius 3 is 2.55 bits per heavy atom. The van der Waals surface area contributed by atoms with Crippen LogP contribution in [0.3, 0.4) is 0 Å². The van der Waals surface area contributed by atoms with Gasteiger partial charge in [-0.25, -0.2) is 8.42 Å². The predicted molar refractivity (Wildman–Crippen MR) is 114 cm³/mol. The number of hydrogen-bond acceptors (Lipinski definition) is 7. The van der Waals surface area contributed by atoms with Gasteiger partial charge >= 0.3 is 0 Å². The van der Waals surface area contributed by atoms with Crippen LogP contribution in [0.15, 0.2) is 23.1 Å². The molecule has 11 heteroatoms. The first-order chi connectivity index (χ1) is 14.8. The Hall–Kier alpha value is -2.63. The van der Waals surface area contributed by atoms with Crippen molar-refractivity contribution in [2.24, 2.45) is 0 Å². The Balaban J connectivity index is 1.70. The number of carbonyl (C=O) groups excluding carboxylic acids is 1. The van der Waals surface area contributed by atoms with Crippen molar-refractivity contribution in [2.75, 3.05) is 45.8 Å². The zero-order valence-electron chi connectivity index (χ0n) is 18.2. The third-order valence-corrected chi connectivity index (χ3v) is 7.27. The SMILES string of the molecule is COc1ccc(NC(=O)CCn2nc(C)c(S(=O)(=O)N3CCOCC3)c2C)c(OC)c1. The molecule has 1 amide bonds. The molecule has 1 saturated heterocycles. The summed E-state index contributed by atoms with van der Waals surface area (Å²) in [5.41, 5.74) is 1.46. The molecular weight excluding hydrogens is 424 g/mol. The molecule has 3 rings (SSSR count). The first-order valence-electron chi connectivity index (χ1n) is 9.91. The van der Waals surface area contributed by atoms with Crippen LogP contribution in [0.1, 0.15) is 17.8 Å². The third-order valence-electron chi connectivity index (χ3n) is 5.12. The Bertz CT molecular complexity index is 1040. The summed E-state index contributed by atoms with van der Waals surface area (Å²) in [5.74, 6) is 0.859. The van der Waals surface area contributed by atoms with Crippen LogP contribution >= 0.6 is 0 Å². The van der Waals surface area contributed by atoms with Crippen LogP contribution in [0, 0.1) is 13.8 Å². The van der Waals surface area contributed by atoms with E-state index in [0.717, 1.165) is 0 Å². The number of amides is 1. The van der Waals surface area contributed by atoms with Gasteiger partial charge in [0.1, 0.15) is 16.4 Å². The van der Waals surface area contributed by atoms with Crippen LogP contribution < -0.4 is 14.8 Å². The van der Waals surface area contributed by atoms with Crippen LogP contribution in [-0.2, 0) is 26.1 Å². The second-order valence-electron chi connectivity index (χ2n) is 7.10. The third kappa shape index (κ3) is 5.00. The van der Waals surface area contributed by atoms with Crippen LogP contribution in [0.25, 0.3) is 0 Å². The van der Waals surface area contributed by atoms with Crippen LogP contribution in [0.5, 0.6) is 11.5 Å². The van der Waals surface area contributed by atoms with E-state index in [4.69, 9.17) is 14.2 Å². The van der Waals surface area contributed by atoms with Gasteiger partial charge in [0, 0.05) is 25.6 Å². The number of ether oxygens (including phenoxy) is 3. The van der Waals surface area contributed by atoms with E-state index in [-0.39, 0.29) is 23.8 Å². The van der Waals surface area contributed by atoms with E-state index < -0.39 is 10.0 Å². The van der Waals surface area contributed by atoms with Gasteiger partial charge in [-0.05, 0) is 26.0 Å². The average Bonchev–Trinajstić information content (AvgIpc) is 3.06. The van der Waals surface area contributed by atoms with E-state index in [9.17, 15) is 13.2 Å². The molecule has 0 radical (unpaired) electrons. The summed E-state index contributed by atoms with van der Waals surface area (Å²) in [6, 6.07) is 5.10. The maximum absolute atomic E-state index is 13.1. The number of carbonyl (C=O) groups is 1. The largest absolute Gasteiger partial charge is 0.497 e. The highest BCUT2D eigenvalue weighted by molar-refractivity contribution is 7.89. The summed E-state index contributed by atoms with van der Waals surface area (Å²) in [7, 11) is -0.603. The molecule has 0 unspecified atom stereocenters. The van der Waals surface area contributed by atoms with E-state index in [1.165, 1.54) is 11.4 Å². The highest BCUT2D eigenvalue weighted by Crippen LogP contribution is 2.29. The summed E-state index contributed by atoms with van der Waals surface area (Å²) in [6.45, 7) is 5.00. The van der Waals surface area contributed by atoms with Gasteiger partial charge in [0.15, 0.2) is 0 Å². The maximum Gasteiger partial charge on any atom is 0.246 e. The molecule has 1 fully saturated rings. The number of methoxy groups -OCH3 is 2. The number of nitrogens with zero attached hydrogens (tertiary/aromatic N) is 3. The number of aromatic nitrogens is 2. The molecule has 0 atom stereocenters. The molecule has 1 aromatic heterocycles. The topological polar surface area (TPSA) is 112 Å². The number of benzene rings is 1. The van der Waals surface area contributed by atoms with E-state index in [1.807, 2.05) is 0 Å². The monoisotopic (exact) mass is 452 g/mol. The van der Waals surface area contributed by atoms with Gasteiger partial charge in [0.05, 0.1) is 51.1 Å². The Morgan fingerprint density at radius 1 is 1.19 bits per heavy atom. The number of sulfonamides is 1. The standard InChI is InChI=1S/C20H28N4O6S/c1-14-20(31(26,27)23-9-11-30-12-10-23)15(2)24(22-14)8-7-19(25)21-17-6-5-16(28-3)13-18(17)29-4/h5-6,13H,7-12H2,1-4H3,(H,21,25). The summed E-state index contributed by atoms with van der Waals surface area (Å²) in [5, 5.41) is 7.17. The molecule has 1 aliphatic heterocycles. The van der Waals surface area contributed by atoms with E-state index in [0.29, 0.717) is 54.9 Å². The molecule has 0 aliphatic carbocycles. The maximum atomic E-state index is 13.1. The van der Waals surface area contributed by atoms with Gasteiger partial charge in [-0.3, -0.25) is 9.48 Å². The molecule has 2 aromatic rings. The average molecular weight is 453 g/mol. The lowest BCUT2D eigenvalue weighted by Crippen LogP contribution is -2.41. The summed E-state index contributed by atoms with van der Waals surface area (Å²) >= 11 is 0. The predicted octanol–water partition coefficient (Wildman–Crippen LogP) is 1.57. The fourth-order valence-corrected chi connectivity index (χ4v) is 5.29. The Labute approximate surface area is 182 Å². The van der Waals surface area contributed by atoms with E-state index in [1.54, 1.807) is 43.8 Å². The molecule has 10 nitrogen and oxygen atoms in total. The smallest absolute Gasteiger partial charge is 0.246 e. The molecule has 2 heterocycles. The van der Waals surface area contributed by atoms with Crippen LogP contribution in [0.4, 0.5) is 5.69 Å². The fraction of sp³-hybridized carbons (Fsp3) is 0.500.